The highest BCUT2D eigenvalue weighted by atomic mass is 16.2. The summed E-state index contributed by atoms with van der Waals surface area (Å²) in [6.45, 7) is 2.87. The molecule has 0 saturated carbocycles. The third-order valence-corrected chi connectivity index (χ3v) is 3.18. The molecule has 0 aliphatic carbocycles. The van der Waals surface area contributed by atoms with Crippen molar-refractivity contribution in [2.24, 2.45) is 0 Å². The van der Waals surface area contributed by atoms with E-state index in [0.29, 0.717) is 25.1 Å². The molecule has 5 N–H and O–H groups in total. The molecule has 0 bridgehead atoms. The van der Waals surface area contributed by atoms with Gasteiger partial charge in [0, 0.05) is 18.7 Å². The van der Waals surface area contributed by atoms with Crippen LogP contribution in [-0.2, 0) is 16.0 Å². The average molecular weight is 276 g/mol. The summed E-state index contributed by atoms with van der Waals surface area (Å²) in [6, 6.07) is 3.63. The lowest BCUT2D eigenvalue weighted by Crippen LogP contribution is -2.30. The molecule has 0 radical (unpaired) electrons. The maximum absolute atomic E-state index is 11.5. The first-order valence-electron chi connectivity index (χ1n) is 6.83. The van der Waals surface area contributed by atoms with Crippen LogP contribution >= 0.6 is 0 Å². The quantitative estimate of drug-likeness (QED) is 0.605. The number of nitrogens with one attached hydrogen (secondary N) is 3. The Morgan fingerprint density at radius 3 is 2.95 bits per heavy atom. The molecule has 1 aliphatic heterocycles. The van der Waals surface area contributed by atoms with Crippen LogP contribution in [-0.4, -0.2) is 24.9 Å². The van der Waals surface area contributed by atoms with Crippen LogP contribution < -0.4 is 21.7 Å². The molecule has 20 heavy (non-hydrogen) atoms. The molecule has 108 valence electrons. The van der Waals surface area contributed by atoms with Crippen LogP contribution in [0.3, 0.4) is 0 Å². The fourth-order valence-corrected chi connectivity index (χ4v) is 2.10. The Bertz CT molecular complexity index is 528. The summed E-state index contributed by atoms with van der Waals surface area (Å²) in [7, 11) is 0. The number of hydrogen-bond acceptors (Lipinski definition) is 4. The number of aryl methyl sites for hydroxylation is 1. The molecule has 0 saturated heterocycles. The molecule has 0 aromatic heterocycles. The Hall–Kier alpha value is -2.24. The van der Waals surface area contributed by atoms with Crippen molar-refractivity contribution in [2.75, 3.05) is 29.5 Å². The molecule has 2 amide bonds. The summed E-state index contributed by atoms with van der Waals surface area (Å²) < 4.78 is 0. The van der Waals surface area contributed by atoms with Crippen molar-refractivity contribution in [1.82, 2.24) is 5.32 Å². The van der Waals surface area contributed by atoms with Gasteiger partial charge in [-0.1, -0.05) is 6.92 Å². The highest BCUT2D eigenvalue weighted by Gasteiger charge is 2.16. The second kappa shape index (κ2) is 6.27. The van der Waals surface area contributed by atoms with Crippen molar-refractivity contribution in [1.29, 1.82) is 0 Å². The zero-order chi connectivity index (χ0) is 14.5. The Balaban J connectivity index is 2.02. The van der Waals surface area contributed by atoms with Gasteiger partial charge in [0.1, 0.15) is 0 Å². The molecule has 2 rings (SSSR count). The van der Waals surface area contributed by atoms with Gasteiger partial charge in [-0.3, -0.25) is 9.59 Å². The minimum Gasteiger partial charge on any atom is -0.397 e. The average Bonchev–Trinajstić information content (AvgIpc) is 2.42. The van der Waals surface area contributed by atoms with Gasteiger partial charge in [0.05, 0.1) is 17.9 Å². The second-order valence-corrected chi connectivity index (χ2v) is 4.85. The topological polar surface area (TPSA) is 96.2 Å². The van der Waals surface area contributed by atoms with E-state index >= 15 is 0 Å². The number of carbonyl (C=O) groups excluding carboxylic acids is 2. The first-order chi connectivity index (χ1) is 9.60. The standard InChI is InChI=1S/C14H20N4O2/c1-2-5-16-14(20)8-17-12-6-9-3-4-13(19)18-11(9)7-10(12)15/h6-7,17H,2-5,8,15H2,1H3,(H,16,20)(H,18,19). The van der Waals surface area contributed by atoms with E-state index in [9.17, 15) is 9.59 Å². The van der Waals surface area contributed by atoms with Gasteiger partial charge in [-0.05, 0) is 30.5 Å². The van der Waals surface area contributed by atoms with Crippen LogP contribution in [0.4, 0.5) is 17.1 Å². The number of nitrogen functional groups attached to an aromatic ring is 1. The summed E-state index contributed by atoms with van der Waals surface area (Å²) in [5.41, 5.74) is 8.98. The first-order valence-corrected chi connectivity index (χ1v) is 6.83. The van der Waals surface area contributed by atoms with Gasteiger partial charge in [0.15, 0.2) is 0 Å². The van der Waals surface area contributed by atoms with Gasteiger partial charge in [-0.25, -0.2) is 0 Å². The summed E-state index contributed by atoms with van der Waals surface area (Å²) in [5.74, 6) is -0.0474. The summed E-state index contributed by atoms with van der Waals surface area (Å²) in [5, 5.41) is 8.62. The van der Waals surface area contributed by atoms with E-state index in [1.54, 1.807) is 6.07 Å². The van der Waals surface area contributed by atoms with Crippen LogP contribution in [0, 0.1) is 0 Å². The van der Waals surface area contributed by atoms with Crippen molar-refractivity contribution in [2.45, 2.75) is 26.2 Å². The zero-order valence-electron chi connectivity index (χ0n) is 11.6. The SMILES string of the molecule is CCCNC(=O)CNc1cc2c(cc1N)NC(=O)CC2. The van der Waals surface area contributed by atoms with Crippen LogP contribution in [0.25, 0.3) is 0 Å². The third kappa shape index (κ3) is 3.40. The van der Waals surface area contributed by atoms with Crippen LogP contribution in [0.15, 0.2) is 12.1 Å². The number of amides is 2. The third-order valence-electron chi connectivity index (χ3n) is 3.18. The molecule has 1 aromatic carbocycles. The second-order valence-electron chi connectivity index (χ2n) is 4.85. The minimum atomic E-state index is -0.0581. The maximum atomic E-state index is 11.5. The number of benzene rings is 1. The molecule has 1 aliphatic rings. The zero-order valence-corrected chi connectivity index (χ0v) is 11.6. The molecular weight excluding hydrogens is 256 g/mol. The lowest BCUT2D eigenvalue weighted by atomic mass is 10.0. The smallest absolute Gasteiger partial charge is 0.239 e. The molecule has 6 heteroatoms. The fourth-order valence-electron chi connectivity index (χ4n) is 2.10. The predicted octanol–water partition coefficient (Wildman–Crippen LogP) is 1.09. The van der Waals surface area contributed by atoms with E-state index in [1.807, 2.05) is 13.0 Å². The van der Waals surface area contributed by atoms with Crippen LogP contribution in [0.2, 0.25) is 0 Å². The van der Waals surface area contributed by atoms with Crippen molar-refractivity contribution in [3.8, 4) is 0 Å². The summed E-state index contributed by atoms with van der Waals surface area (Å²) in [6.07, 6.45) is 2.08. The summed E-state index contributed by atoms with van der Waals surface area (Å²) in [4.78, 5) is 22.9. The monoisotopic (exact) mass is 276 g/mol. The van der Waals surface area contributed by atoms with Gasteiger partial charge < -0.3 is 21.7 Å². The van der Waals surface area contributed by atoms with E-state index in [0.717, 1.165) is 23.4 Å². The number of carbonyl (C=O) groups is 2. The molecule has 1 heterocycles. The van der Waals surface area contributed by atoms with Crippen LogP contribution in [0.1, 0.15) is 25.3 Å². The van der Waals surface area contributed by atoms with Gasteiger partial charge >= 0.3 is 0 Å². The molecule has 0 atom stereocenters. The maximum Gasteiger partial charge on any atom is 0.239 e. The Morgan fingerprint density at radius 1 is 1.40 bits per heavy atom. The molecular formula is C14H20N4O2. The molecule has 1 aromatic rings. The molecule has 0 spiro atoms. The van der Waals surface area contributed by atoms with E-state index in [-0.39, 0.29) is 18.4 Å². The van der Waals surface area contributed by atoms with Crippen molar-refractivity contribution >= 4 is 28.9 Å². The van der Waals surface area contributed by atoms with E-state index in [2.05, 4.69) is 16.0 Å². The first kappa shape index (κ1) is 14.2. The van der Waals surface area contributed by atoms with Crippen molar-refractivity contribution in [3.05, 3.63) is 17.7 Å². The highest BCUT2D eigenvalue weighted by molar-refractivity contribution is 5.95. The minimum absolute atomic E-state index is 0.0107. The van der Waals surface area contributed by atoms with Gasteiger partial charge in [-0.15, -0.1) is 0 Å². The van der Waals surface area contributed by atoms with Gasteiger partial charge in [0.2, 0.25) is 11.8 Å². The lowest BCUT2D eigenvalue weighted by Gasteiger charge is -2.19. The van der Waals surface area contributed by atoms with Gasteiger partial charge in [-0.2, -0.15) is 0 Å². The number of anilines is 3. The largest absolute Gasteiger partial charge is 0.397 e. The van der Waals surface area contributed by atoms with Gasteiger partial charge in [0.25, 0.3) is 0 Å². The molecule has 6 nitrogen and oxygen atoms in total. The highest BCUT2D eigenvalue weighted by Crippen LogP contribution is 2.30. The normalized spacial score (nSPS) is 13.3. The number of hydrogen-bond donors (Lipinski definition) is 4. The Labute approximate surface area is 118 Å². The predicted molar refractivity (Wildman–Crippen MR) is 79.6 cm³/mol. The number of rotatable bonds is 5. The number of fused-ring (bicyclic) bond motifs is 1. The Morgan fingerprint density at radius 2 is 2.20 bits per heavy atom. The summed E-state index contributed by atoms with van der Waals surface area (Å²) >= 11 is 0. The van der Waals surface area contributed by atoms with E-state index in [1.165, 1.54) is 0 Å². The van der Waals surface area contributed by atoms with E-state index < -0.39 is 0 Å². The molecule has 0 unspecified atom stereocenters. The van der Waals surface area contributed by atoms with Crippen molar-refractivity contribution < 1.29 is 9.59 Å². The lowest BCUT2D eigenvalue weighted by molar-refractivity contribution is -0.119. The van der Waals surface area contributed by atoms with Crippen molar-refractivity contribution in [3.63, 3.8) is 0 Å². The Kier molecular flexibility index (Phi) is 4.45. The fraction of sp³-hybridized carbons (Fsp3) is 0.429. The van der Waals surface area contributed by atoms with Crippen LogP contribution in [0.5, 0.6) is 0 Å². The molecule has 0 fully saturated rings. The van der Waals surface area contributed by atoms with E-state index in [4.69, 9.17) is 5.73 Å². The number of nitrogens with two attached hydrogens (primary N) is 1.